The fourth-order valence-electron chi connectivity index (χ4n) is 6.98. The normalized spacial score (nSPS) is 17.6. The van der Waals surface area contributed by atoms with Crippen LogP contribution in [0.5, 0.6) is 0 Å². The summed E-state index contributed by atoms with van der Waals surface area (Å²) >= 11 is 0. The van der Waals surface area contributed by atoms with Crippen LogP contribution in [0.4, 0.5) is 0 Å². The molecule has 0 bridgehead atoms. The Hall–Kier alpha value is -4.49. The summed E-state index contributed by atoms with van der Waals surface area (Å²) in [4.78, 5) is 22.2. The van der Waals surface area contributed by atoms with Crippen molar-refractivity contribution in [3.63, 3.8) is 0 Å². The molecule has 2 saturated heterocycles. The molecule has 5 aromatic rings. The number of hydrogen-bond donors (Lipinski definition) is 2. The molecule has 2 aliphatic heterocycles. The molecular weight excluding hydrogens is 604 g/mol. The van der Waals surface area contributed by atoms with Crippen LogP contribution in [0.2, 0.25) is 0 Å². The lowest BCUT2D eigenvalue weighted by Crippen LogP contribution is -2.40. The topological polar surface area (TPSA) is 136 Å². The van der Waals surface area contributed by atoms with Gasteiger partial charge in [0.25, 0.3) is 11.7 Å². The number of piperidine rings is 2. The zero-order chi connectivity index (χ0) is 33.4. The van der Waals surface area contributed by atoms with Gasteiger partial charge in [-0.15, -0.1) is 10.2 Å². The molecule has 0 unspecified atom stereocenters. The summed E-state index contributed by atoms with van der Waals surface area (Å²) in [6.07, 6.45) is 12.7. The van der Waals surface area contributed by atoms with Gasteiger partial charge in [-0.25, -0.2) is 9.50 Å². The van der Waals surface area contributed by atoms with E-state index in [-0.39, 0.29) is 23.3 Å². The summed E-state index contributed by atoms with van der Waals surface area (Å²) < 4.78 is 4.03. The van der Waals surface area contributed by atoms with E-state index >= 15 is 0 Å². The molecule has 0 spiro atoms. The number of likely N-dealkylation sites (tertiary alicyclic amines) is 1. The van der Waals surface area contributed by atoms with Gasteiger partial charge >= 0.3 is 0 Å². The van der Waals surface area contributed by atoms with Crippen LogP contribution >= 0.6 is 0 Å². The van der Waals surface area contributed by atoms with Crippen LogP contribution in [0.25, 0.3) is 28.0 Å². The van der Waals surface area contributed by atoms with Gasteiger partial charge in [0.15, 0.2) is 0 Å². The number of tetrazole rings is 1. The first-order valence-corrected chi connectivity index (χ1v) is 17.2. The van der Waals surface area contributed by atoms with E-state index in [1.807, 2.05) is 56.7 Å². The average Bonchev–Trinajstić information content (AvgIpc) is 3.86. The molecule has 2 N–H and O–H groups in total. The second-order valence-electron chi connectivity index (χ2n) is 14.4. The van der Waals surface area contributed by atoms with Crippen molar-refractivity contribution < 1.29 is 4.79 Å². The van der Waals surface area contributed by atoms with E-state index in [9.17, 15) is 4.79 Å². The Morgan fingerprint density at radius 1 is 1.04 bits per heavy atom. The number of carbonyl (C=O) groups excluding carboxylic acids is 1. The first-order valence-electron chi connectivity index (χ1n) is 17.2. The highest BCUT2D eigenvalue weighted by Gasteiger charge is 2.25. The summed E-state index contributed by atoms with van der Waals surface area (Å²) in [5.74, 6) is 0.517. The molecule has 13 nitrogen and oxygen atoms in total. The number of aromatic nitrogens is 9. The van der Waals surface area contributed by atoms with Gasteiger partial charge in [0.05, 0.1) is 53.1 Å². The van der Waals surface area contributed by atoms with E-state index in [4.69, 9.17) is 10.1 Å². The molecule has 6 heterocycles. The molecule has 0 saturated carbocycles. The van der Waals surface area contributed by atoms with Crippen LogP contribution in [-0.2, 0) is 5.54 Å². The predicted molar refractivity (Wildman–Crippen MR) is 183 cm³/mol. The van der Waals surface area contributed by atoms with Crippen LogP contribution in [0.15, 0.2) is 49.1 Å². The van der Waals surface area contributed by atoms with Crippen molar-refractivity contribution in [3.05, 3.63) is 66.0 Å². The van der Waals surface area contributed by atoms with Gasteiger partial charge in [-0.05, 0) is 108 Å². The third-order valence-corrected chi connectivity index (χ3v) is 9.77. The zero-order valence-corrected chi connectivity index (χ0v) is 28.6. The van der Waals surface area contributed by atoms with Crippen LogP contribution in [0.3, 0.4) is 0 Å². The van der Waals surface area contributed by atoms with Gasteiger partial charge in [-0.2, -0.15) is 15.0 Å². The smallest absolute Gasteiger partial charge is 0.293 e. The maximum atomic E-state index is 12.9. The number of carbonyl (C=O) groups is 1. The van der Waals surface area contributed by atoms with Crippen molar-refractivity contribution in [2.75, 3.05) is 32.7 Å². The van der Waals surface area contributed by atoms with E-state index in [1.165, 1.54) is 24.2 Å². The molecule has 1 atom stereocenters. The van der Waals surface area contributed by atoms with Gasteiger partial charge in [0, 0.05) is 37.0 Å². The van der Waals surface area contributed by atoms with Crippen molar-refractivity contribution in [1.82, 2.24) is 60.1 Å². The number of benzene rings is 1. The van der Waals surface area contributed by atoms with Gasteiger partial charge in [0.1, 0.15) is 0 Å². The van der Waals surface area contributed by atoms with Crippen LogP contribution in [0.1, 0.15) is 87.2 Å². The Kier molecular flexibility index (Phi) is 8.82. The van der Waals surface area contributed by atoms with Crippen LogP contribution < -0.4 is 10.6 Å². The second-order valence-corrected chi connectivity index (χ2v) is 14.4. The molecule has 13 heteroatoms. The van der Waals surface area contributed by atoms with E-state index in [1.54, 1.807) is 6.20 Å². The molecule has 2 fully saturated rings. The molecule has 48 heavy (non-hydrogen) atoms. The minimum absolute atomic E-state index is 0.0524. The highest BCUT2D eigenvalue weighted by Crippen LogP contribution is 2.31. The molecular formula is C35H46N12O. The first-order chi connectivity index (χ1) is 23.1. The van der Waals surface area contributed by atoms with E-state index in [0.29, 0.717) is 6.04 Å². The molecule has 4 aromatic heterocycles. The maximum Gasteiger partial charge on any atom is 0.293 e. The van der Waals surface area contributed by atoms with Gasteiger partial charge in [0.2, 0.25) is 0 Å². The molecule has 252 valence electrons. The van der Waals surface area contributed by atoms with Crippen LogP contribution in [0, 0.1) is 12.8 Å². The highest BCUT2D eigenvalue weighted by atomic mass is 16.2. The predicted octanol–water partition coefficient (Wildman–Crippen LogP) is 4.44. The molecule has 7 rings (SSSR count). The molecule has 2 aliphatic rings. The zero-order valence-electron chi connectivity index (χ0n) is 28.6. The van der Waals surface area contributed by atoms with Gasteiger partial charge in [-0.1, -0.05) is 12.1 Å². The molecule has 0 radical (unpaired) electrons. The van der Waals surface area contributed by atoms with Crippen molar-refractivity contribution in [2.45, 2.75) is 77.9 Å². The lowest BCUT2D eigenvalue weighted by molar-refractivity contribution is 0.0928. The molecule has 0 aliphatic carbocycles. The summed E-state index contributed by atoms with van der Waals surface area (Å²) in [6, 6.07) is 8.34. The summed E-state index contributed by atoms with van der Waals surface area (Å²) in [6.45, 7) is 15.7. The van der Waals surface area contributed by atoms with Crippen molar-refractivity contribution in [3.8, 4) is 22.5 Å². The van der Waals surface area contributed by atoms with E-state index in [2.05, 4.69) is 66.0 Å². The Morgan fingerprint density at radius 3 is 2.56 bits per heavy atom. The maximum absolute atomic E-state index is 12.9. The van der Waals surface area contributed by atoms with Crippen molar-refractivity contribution in [2.24, 2.45) is 5.92 Å². The van der Waals surface area contributed by atoms with Crippen LogP contribution in [-0.4, -0.2) is 88.1 Å². The van der Waals surface area contributed by atoms with Gasteiger partial charge in [-0.3, -0.25) is 9.48 Å². The lowest BCUT2D eigenvalue weighted by atomic mass is 9.96. The Bertz CT molecular complexity index is 1880. The first kappa shape index (κ1) is 32.1. The monoisotopic (exact) mass is 650 g/mol. The van der Waals surface area contributed by atoms with E-state index in [0.717, 1.165) is 84.1 Å². The number of nitrogens with zero attached hydrogens (tertiary/aromatic N) is 10. The van der Waals surface area contributed by atoms with Crippen molar-refractivity contribution >= 4 is 11.4 Å². The lowest BCUT2D eigenvalue weighted by Gasteiger charge is -2.35. The molecule has 1 aromatic carbocycles. The number of hydrogen-bond acceptors (Lipinski definition) is 9. The molecule has 1 amide bonds. The number of fused-ring (bicyclic) bond motifs is 1. The quantitative estimate of drug-likeness (QED) is 0.250. The Morgan fingerprint density at radius 2 is 1.83 bits per heavy atom. The summed E-state index contributed by atoms with van der Waals surface area (Å²) in [5.41, 5.74) is 6.23. The number of nitrogens with one attached hydrogen (secondary N) is 2. The highest BCUT2D eigenvalue weighted by molar-refractivity contribution is 5.90. The number of amides is 1. The average molecular weight is 651 g/mol. The van der Waals surface area contributed by atoms with Gasteiger partial charge < -0.3 is 15.5 Å². The fraction of sp³-hybridized carbons (Fsp3) is 0.514. The minimum Gasteiger partial charge on any atom is -0.343 e. The number of aryl methyl sites for hydroxylation is 1. The van der Waals surface area contributed by atoms with E-state index < -0.39 is 0 Å². The standard InChI is InChI=1S/C35H46N12O/c1-23-18-26(6-7-29(23)24(2)39-34(48)33-41-43-47(42-33)35(3,4)5)32-31-10-15-37-46(31)22-30(40-32)27-19-38-45(21-27)28-11-16-44(17-12-28)20-25-8-13-36-14-9-25/h6-7,10,15,18-19,21-22,24-25,28,36H,8-9,11-14,16-17,20H2,1-5H3,(H,39,48)/t24-/m1/s1. The van der Waals surface area contributed by atoms with Crippen molar-refractivity contribution in [1.29, 1.82) is 0 Å². The summed E-state index contributed by atoms with van der Waals surface area (Å²) in [5, 5.41) is 28.1. The Balaban J connectivity index is 1.06. The third-order valence-electron chi connectivity index (χ3n) is 9.77. The Labute approximate surface area is 281 Å². The SMILES string of the molecule is Cc1cc(-c2nc(-c3cnn(C4CCN(CC5CCNCC5)CC4)c3)cn3nccc23)ccc1[C@@H](C)NC(=O)c1nnn(C(C)(C)C)n1. The summed E-state index contributed by atoms with van der Waals surface area (Å²) in [7, 11) is 0. The third kappa shape index (κ3) is 6.74. The minimum atomic E-state index is -0.361. The fourth-order valence-corrected chi connectivity index (χ4v) is 6.98. The second kappa shape index (κ2) is 13.2. The number of rotatable bonds is 8. The largest absolute Gasteiger partial charge is 0.343 e.